The zero-order valence-electron chi connectivity index (χ0n) is 19.0. The van der Waals surface area contributed by atoms with Crippen LogP contribution in [0.15, 0.2) is 67.1 Å². The fourth-order valence-corrected chi connectivity index (χ4v) is 3.80. The number of nitrogens with one attached hydrogen (secondary N) is 1. The summed E-state index contributed by atoms with van der Waals surface area (Å²) in [5.74, 6) is 0.150. The number of carbonyl (C=O) groups is 1. The zero-order valence-corrected chi connectivity index (χ0v) is 19.0. The van der Waals surface area contributed by atoms with Gasteiger partial charge in [0, 0.05) is 24.5 Å². The second-order valence-electron chi connectivity index (χ2n) is 7.81. The van der Waals surface area contributed by atoms with Gasteiger partial charge in [0.1, 0.15) is 30.1 Å². The number of aromatic nitrogens is 3. The van der Waals surface area contributed by atoms with E-state index in [9.17, 15) is 4.79 Å². The van der Waals surface area contributed by atoms with Crippen LogP contribution in [-0.4, -0.2) is 33.3 Å². The van der Waals surface area contributed by atoms with Crippen molar-refractivity contribution in [3.8, 4) is 16.9 Å². The van der Waals surface area contributed by atoms with Crippen LogP contribution in [0.5, 0.6) is 5.75 Å². The molecule has 2 aromatic carbocycles. The van der Waals surface area contributed by atoms with Gasteiger partial charge in [0.25, 0.3) is 0 Å². The lowest BCUT2D eigenvalue weighted by Crippen LogP contribution is -2.20. The maximum atomic E-state index is 12.1. The molecule has 4 aromatic rings. The van der Waals surface area contributed by atoms with Crippen molar-refractivity contribution in [2.24, 2.45) is 5.92 Å². The average Bonchev–Trinajstić information content (AvgIpc) is 3.24. The second-order valence-corrected chi connectivity index (χ2v) is 7.81. The van der Waals surface area contributed by atoms with E-state index in [4.69, 9.17) is 20.6 Å². The van der Waals surface area contributed by atoms with Crippen LogP contribution in [-0.2, 0) is 22.7 Å². The first kappa shape index (κ1) is 23.0. The molecule has 8 nitrogen and oxygen atoms in total. The van der Waals surface area contributed by atoms with Gasteiger partial charge in [-0.2, -0.15) is 0 Å². The third-order valence-corrected chi connectivity index (χ3v) is 5.57. The van der Waals surface area contributed by atoms with Crippen LogP contribution in [0.1, 0.15) is 18.9 Å². The number of fused-ring (bicyclic) bond motifs is 1. The first-order valence-electron chi connectivity index (χ1n) is 11.1. The lowest BCUT2D eigenvalue weighted by molar-refractivity contribution is -0.145. The molecule has 2 heterocycles. The van der Waals surface area contributed by atoms with E-state index in [0.717, 1.165) is 34.0 Å². The van der Waals surface area contributed by atoms with E-state index in [2.05, 4.69) is 9.97 Å². The lowest BCUT2D eigenvalue weighted by atomic mass is 10.1. The summed E-state index contributed by atoms with van der Waals surface area (Å²) in [4.78, 5) is 20.7. The topological polar surface area (TPSA) is 116 Å². The molecule has 1 atom stereocenters. The predicted molar refractivity (Wildman–Crippen MR) is 132 cm³/mol. The van der Waals surface area contributed by atoms with Crippen molar-refractivity contribution >= 4 is 29.0 Å². The van der Waals surface area contributed by atoms with Gasteiger partial charge in [0.15, 0.2) is 0 Å². The summed E-state index contributed by atoms with van der Waals surface area (Å²) >= 11 is 0. The van der Waals surface area contributed by atoms with Crippen LogP contribution in [0.3, 0.4) is 0 Å². The van der Waals surface area contributed by atoms with Gasteiger partial charge in [-0.3, -0.25) is 4.79 Å². The minimum atomic E-state index is -0.610. The highest BCUT2D eigenvalue weighted by Gasteiger charge is 2.20. The Morgan fingerprint density at radius 1 is 1.15 bits per heavy atom. The number of hydrogen-bond donors (Lipinski definition) is 2. The third-order valence-electron chi connectivity index (χ3n) is 5.57. The number of nitrogens with zero attached hydrogens (tertiary/aromatic N) is 3. The molecule has 0 saturated carbocycles. The molecule has 0 radical (unpaired) electrons. The minimum absolute atomic E-state index is 0.286. The van der Waals surface area contributed by atoms with E-state index in [0.29, 0.717) is 31.0 Å². The van der Waals surface area contributed by atoms with Gasteiger partial charge in [-0.1, -0.05) is 42.5 Å². The average molecular weight is 458 g/mol. The third kappa shape index (κ3) is 5.06. The van der Waals surface area contributed by atoms with Crippen LogP contribution in [0.2, 0.25) is 0 Å². The van der Waals surface area contributed by atoms with Crippen molar-refractivity contribution in [2.75, 3.05) is 12.3 Å². The first-order chi connectivity index (χ1) is 16.6. The van der Waals surface area contributed by atoms with Gasteiger partial charge in [0.2, 0.25) is 0 Å². The monoisotopic (exact) mass is 457 g/mol. The van der Waals surface area contributed by atoms with Crippen LogP contribution < -0.4 is 10.5 Å². The Morgan fingerprint density at radius 2 is 1.91 bits per heavy atom. The number of esters is 1. The molecule has 0 aliphatic heterocycles. The molecular formula is C26H27N5O3. The van der Waals surface area contributed by atoms with Crippen molar-refractivity contribution in [1.82, 2.24) is 14.5 Å². The maximum absolute atomic E-state index is 12.1. The molecule has 0 amide bonds. The highest BCUT2D eigenvalue weighted by molar-refractivity contribution is 6.00. The van der Waals surface area contributed by atoms with Crippen molar-refractivity contribution in [3.63, 3.8) is 0 Å². The van der Waals surface area contributed by atoms with Gasteiger partial charge in [-0.05, 0) is 36.6 Å². The van der Waals surface area contributed by atoms with Crippen molar-refractivity contribution in [1.29, 1.82) is 5.41 Å². The normalized spacial score (nSPS) is 11.8. The van der Waals surface area contributed by atoms with Crippen molar-refractivity contribution in [2.45, 2.75) is 26.5 Å². The Labute approximate surface area is 197 Å². The number of ether oxygens (including phenoxy) is 2. The quantitative estimate of drug-likeness (QED) is 0.268. The minimum Gasteiger partial charge on any atom is -0.489 e. The SMILES string of the molecule is CCOC(=O)[C@@H](C=N)CCn1cc(-c2ccc(OCc3ccccc3)cc2)c2c(N)ncnc21. The van der Waals surface area contributed by atoms with Crippen molar-refractivity contribution in [3.05, 3.63) is 72.7 Å². The number of hydrogen-bond acceptors (Lipinski definition) is 7. The van der Waals surface area contributed by atoms with Gasteiger partial charge in [-0.15, -0.1) is 0 Å². The molecule has 0 bridgehead atoms. The largest absolute Gasteiger partial charge is 0.489 e. The fraction of sp³-hybridized carbons (Fsp3) is 0.231. The molecular weight excluding hydrogens is 430 g/mol. The number of aryl methyl sites for hydroxylation is 1. The van der Waals surface area contributed by atoms with E-state index < -0.39 is 11.9 Å². The summed E-state index contributed by atoms with van der Waals surface area (Å²) in [6, 6.07) is 17.8. The number of rotatable bonds is 10. The standard InChI is InChI=1S/C26H27N5O3/c1-2-33-26(32)20(14-27)12-13-31-15-22(23-24(28)29-17-30-25(23)31)19-8-10-21(11-9-19)34-16-18-6-4-3-5-7-18/h3-11,14-15,17,20,27H,2,12-13,16H2,1H3,(H2,28,29,30)/t20-/m1/s1. The second kappa shape index (κ2) is 10.6. The number of nitrogens with two attached hydrogens (primary N) is 1. The molecule has 0 spiro atoms. The van der Waals surface area contributed by atoms with Gasteiger partial charge in [0.05, 0.1) is 17.9 Å². The van der Waals surface area contributed by atoms with Crippen LogP contribution in [0, 0.1) is 11.3 Å². The summed E-state index contributed by atoms with van der Waals surface area (Å²) < 4.78 is 12.9. The summed E-state index contributed by atoms with van der Waals surface area (Å²) in [5.41, 5.74) is 9.85. The molecule has 34 heavy (non-hydrogen) atoms. The fourth-order valence-electron chi connectivity index (χ4n) is 3.80. The summed E-state index contributed by atoms with van der Waals surface area (Å²) in [7, 11) is 0. The Kier molecular flexibility index (Phi) is 7.17. The van der Waals surface area contributed by atoms with E-state index >= 15 is 0 Å². The Bertz CT molecular complexity index is 1270. The van der Waals surface area contributed by atoms with Gasteiger partial charge >= 0.3 is 5.97 Å². The van der Waals surface area contributed by atoms with E-state index in [-0.39, 0.29) is 6.61 Å². The maximum Gasteiger partial charge on any atom is 0.314 e. The summed E-state index contributed by atoms with van der Waals surface area (Å²) in [5, 5.41) is 8.34. The molecule has 2 aromatic heterocycles. The molecule has 174 valence electrons. The molecule has 3 N–H and O–H groups in total. The van der Waals surface area contributed by atoms with Crippen LogP contribution in [0.4, 0.5) is 5.82 Å². The molecule has 0 unspecified atom stereocenters. The summed E-state index contributed by atoms with van der Waals surface area (Å²) in [6.45, 7) is 3.01. The van der Waals surface area contributed by atoms with Gasteiger partial charge in [-0.25, -0.2) is 9.97 Å². The first-order valence-corrected chi connectivity index (χ1v) is 11.1. The zero-order chi connectivity index (χ0) is 23.9. The van der Waals surface area contributed by atoms with E-state index in [1.165, 1.54) is 6.33 Å². The lowest BCUT2D eigenvalue weighted by Gasteiger charge is -2.11. The number of anilines is 1. The Balaban J connectivity index is 1.56. The Hall–Kier alpha value is -4.20. The Morgan fingerprint density at radius 3 is 2.62 bits per heavy atom. The smallest absolute Gasteiger partial charge is 0.314 e. The van der Waals surface area contributed by atoms with Gasteiger partial charge < -0.3 is 25.2 Å². The number of carbonyl (C=O) groups excluding carboxylic acids is 1. The highest BCUT2D eigenvalue weighted by Crippen LogP contribution is 2.33. The highest BCUT2D eigenvalue weighted by atomic mass is 16.5. The molecule has 0 aliphatic rings. The van der Waals surface area contributed by atoms with Crippen LogP contribution >= 0.6 is 0 Å². The van der Waals surface area contributed by atoms with E-state index in [1.807, 2.05) is 65.4 Å². The summed E-state index contributed by atoms with van der Waals surface area (Å²) in [6.07, 6.45) is 4.93. The van der Waals surface area contributed by atoms with E-state index in [1.54, 1.807) is 6.92 Å². The predicted octanol–water partition coefficient (Wildman–Crippen LogP) is 4.48. The van der Waals surface area contributed by atoms with Crippen LogP contribution in [0.25, 0.3) is 22.2 Å². The number of benzene rings is 2. The molecule has 4 rings (SSSR count). The number of nitrogen functional groups attached to an aromatic ring is 1. The molecule has 0 aliphatic carbocycles. The van der Waals surface area contributed by atoms with Crippen molar-refractivity contribution < 1.29 is 14.3 Å². The molecule has 0 fully saturated rings. The molecule has 0 saturated heterocycles. The molecule has 8 heteroatoms.